The topological polar surface area (TPSA) is 64.3 Å². The highest BCUT2D eigenvalue weighted by Crippen LogP contribution is 2.26. The van der Waals surface area contributed by atoms with Gasteiger partial charge >= 0.3 is 0 Å². The second-order valence-corrected chi connectivity index (χ2v) is 5.57. The molecular weight excluding hydrogens is 252 g/mol. The van der Waals surface area contributed by atoms with E-state index < -0.39 is 11.4 Å². The van der Waals surface area contributed by atoms with Crippen LogP contribution in [-0.4, -0.2) is 24.6 Å². The van der Waals surface area contributed by atoms with Gasteiger partial charge in [-0.25, -0.2) is 0 Å². The van der Waals surface area contributed by atoms with Crippen LogP contribution in [0.4, 0.5) is 0 Å². The smallest absolute Gasteiger partial charge is 0.240 e. The Hall–Kier alpha value is -1.55. The lowest BCUT2D eigenvalue weighted by Gasteiger charge is -2.28. The molecule has 0 heterocycles. The van der Waals surface area contributed by atoms with Crippen molar-refractivity contribution in [2.45, 2.75) is 46.6 Å². The Kier molecular flexibility index (Phi) is 5.57. The van der Waals surface area contributed by atoms with Gasteiger partial charge in [0.15, 0.2) is 0 Å². The predicted molar refractivity (Wildman–Crippen MR) is 82.0 cm³/mol. The van der Waals surface area contributed by atoms with E-state index in [0.29, 0.717) is 0 Å². The first kappa shape index (κ1) is 16.5. The van der Waals surface area contributed by atoms with Gasteiger partial charge in [-0.3, -0.25) is 4.79 Å². The van der Waals surface area contributed by atoms with E-state index in [0.717, 1.165) is 29.8 Å². The van der Waals surface area contributed by atoms with Gasteiger partial charge in [0.25, 0.3) is 0 Å². The van der Waals surface area contributed by atoms with E-state index in [1.807, 2.05) is 33.8 Å². The van der Waals surface area contributed by atoms with Crippen LogP contribution < -0.4 is 15.8 Å². The van der Waals surface area contributed by atoms with Crippen molar-refractivity contribution in [3.8, 4) is 5.75 Å². The molecule has 0 fully saturated rings. The Morgan fingerprint density at radius 3 is 2.45 bits per heavy atom. The summed E-state index contributed by atoms with van der Waals surface area (Å²) in [6.07, 6.45) is 0.936. The first-order valence-corrected chi connectivity index (χ1v) is 7.06. The van der Waals surface area contributed by atoms with E-state index in [1.165, 1.54) is 5.56 Å². The van der Waals surface area contributed by atoms with Crippen molar-refractivity contribution in [1.29, 1.82) is 0 Å². The minimum absolute atomic E-state index is 0.230. The third-order valence-corrected chi connectivity index (χ3v) is 3.69. The molecule has 0 aliphatic carbocycles. The Morgan fingerprint density at radius 2 is 1.90 bits per heavy atom. The molecule has 0 radical (unpaired) electrons. The summed E-state index contributed by atoms with van der Waals surface area (Å²) in [4.78, 5) is 11.7. The molecule has 1 aromatic rings. The maximum absolute atomic E-state index is 11.7. The fraction of sp³-hybridized carbons (Fsp3) is 0.562. The number of primary amides is 1. The molecule has 20 heavy (non-hydrogen) atoms. The summed E-state index contributed by atoms with van der Waals surface area (Å²) in [7, 11) is 0. The molecule has 4 nitrogen and oxygen atoms in total. The van der Waals surface area contributed by atoms with Crippen LogP contribution in [0.2, 0.25) is 0 Å². The normalized spacial score (nSPS) is 13.8. The van der Waals surface area contributed by atoms with Crippen LogP contribution in [0.25, 0.3) is 0 Å². The van der Waals surface area contributed by atoms with Crippen LogP contribution in [-0.2, 0) is 4.79 Å². The minimum Gasteiger partial charge on any atom is -0.491 e. The summed E-state index contributed by atoms with van der Waals surface area (Å²) in [6.45, 7) is 10.9. The van der Waals surface area contributed by atoms with Crippen molar-refractivity contribution in [2.75, 3.05) is 13.2 Å². The number of nitrogens with two attached hydrogens (primary N) is 1. The van der Waals surface area contributed by atoms with Crippen molar-refractivity contribution in [2.24, 2.45) is 5.73 Å². The molecule has 3 N–H and O–H groups in total. The molecule has 1 aromatic carbocycles. The van der Waals surface area contributed by atoms with E-state index in [2.05, 4.69) is 11.4 Å². The lowest BCUT2D eigenvalue weighted by atomic mass is 10.0. The maximum Gasteiger partial charge on any atom is 0.240 e. The van der Waals surface area contributed by atoms with Gasteiger partial charge in [-0.05, 0) is 57.4 Å². The summed E-state index contributed by atoms with van der Waals surface area (Å²) in [5.74, 6) is 0.449. The maximum atomic E-state index is 11.7. The Morgan fingerprint density at radius 1 is 1.30 bits per heavy atom. The number of ether oxygens (including phenoxy) is 1. The van der Waals surface area contributed by atoms with E-state index >= 15 is 0 Å². The molecule has 112 valence electrons. The van der Waals surface area contributed by atoms with Crippen molar-refractivity contribution >= 4 is 5.91 Å². The van der Waals surface area contributed by atoms with Gasteiger partial charge in [-0.2, -0.15) is 0 Å². The summed E-state index contributed by atoms with van der Waals surface area (Å²) >= 11 is 0. The molecule has 0 saturated carbocycles. The molecule has 0 aliphatic rings. The number of hydrogen-bond donors (Lipinski definition) is 2. The van der Waals surface area contributed by atoms with E-state index in [9.17, 15) is 4.79 Å². The predicted octanol–water partition coefficient (Wildman–Crippen LogP) is 2.23. The average Bonchev–Trinajstić information content (AvgIpc) is 2.40. The quantitative estimate of drug-likeness (QED) is 0.804. The molecule has 0 bridgehead atoms. The molecule has 0 spiro atoms. The average molecular weight is 278 g/mol. The van der Waals surface area contributed by atoms with Crippen LogP contribution in [0, 0.1) is 20.8 Å². The van der Waals surface area contributed by atoms with Crippen LogP contribution in [0.15, 0.2) is 12.1 Å². The Bertz CT molecular complexity index is 486. The van der Waals surface area contributed by atoms with Crippen LogP contribution in [0.3, 0.4) is 0 Å². The van der Waals surface area contributed by atoms with Crippen molar-refractivity contribution < 1.29 is 9.53 Å². The fourth-order valence-electron chi connectivity index (χ4n) is 1.97. The van der Waals surface area contributed by atoms with Crippen molar-refractivity contribution in [3.63, 3.8) is 0 Å². The number of nitrogens with one attached hydrogen (secondary N) is 1. The molecule has 0 saturated heterocycles. The molecule has 1 amide bonds. The highest BCUT2D eigenvalue weighted by Gasteiger charge is 2.31. The zero-order chi connectivity index (χ0) is 15.3. The Balaban J connectivity index is 2.88. The second-order valence-electron chi connectivity index (χ2n) is 5.57. The molecule has 1 rings (SSSR count). The highest BCUT2D eigenvalue weighted by molar-refractivity contribution is 5.84. The molecule has 0 aliphatic heterocycles. The largest absolute Gasteiger partial charge is 0.491 e. The van der Waals surface area contributed by atoms with Crippen LogP contribution >= 0.6 is 0 Å². The van der Waals surface area contributed by atoms with Gasteiger partial charge in [0, 0.05) is 0 Å². The number of amides is 1. The minimum atomic E-state index is -0.849. The van der Waals surface area contributed by atoms with Crippen LogP contribution in [0.5, 0.6) is 5.75 Å². The SMILES string of the molecule is CCCNC(C)(COc1c(C)ccc(C)c1C)C(N)=O. The fourth-order valence-corrected chi connectivity index (χ4v) is 1.97. The van der Waals surface area contributed by atoms with Gasteiger partial charge < -0.3 is 15.8 Å². The summed E-state index contributed by atoms with van der Waals surface area (Å²) < 4.78 is 5.91. The van der Waals surface area contributed by atoms with Gasteiger partial charge in [-0.15, -0.1) is 0 Å². The van der Waals surface area contributed by atoms with Gasteiger partial charge in [0.1, 0.15) is 17.9 Å². The lowest BCUT2D eigenvalue weighted by molar-refractivity contribution is -0.125. The molecule has 4 heteroatoms. The number of hydrogen-bond acceptors (Lipinski definition) is 3. The first-order valence-electron chi connectivity index (χ1n) is 7.06. The zero-order valence-corrected chi connectivity index (χ0v) is 13.2. The number of carbonyl (C=O) groups excluding carboxylic acids is 1. The third-order valence-electron chi connectivity index (χ3n) is 3.69. The monoisotopic (exact) mass is 278 g/mol. The third kappa shape index (κ3) is 3.73. The molecule has 1 atom stereocenters. The molecule has 0 aromatic heterocycles. The second kappa shape index (κ2) is 6.75. The van der Waals surface area contributed by atoms with E-state index in [-0.39, 0.29) is 6.61 Å². The molecular formula is C16H26N2O2. The molecule has 1 unspecified atom stereocenters. The lowest BCUT2D eigenvalue weighted by Crippen LogP contribution is -2.57. The van der Waals surface area contributed by atoms with Gasteiger partial charge in [0.05, 0.1) is 0 Å². The number of benzene rings is 1. The standard InChI is InChI=1S/C16H26N2O2/c1-6-9-18-16(5,15(17)19)10-20-14-12(3)8-7-11(2)13(14)4/h7-8,18H,6,9-10H2,1-5H3,(H2,17,19). The van der Waals surface area contributed by atoms with Gasteiger partial charge in [-0.1, -0.05) is 19.1 Å². The first-order chi connectivity index (χ1) is 9.31. The van der Waals surface area contributed by atoms with Crippen molar-refractivity contribution in [3.05, 3.63) is 28.8 Å². The van der Waals surface area contributed by atoms with E-state index in [1.54, 1.807) is 6.92 Å². The number of rotatable bonds is 7. The van der Waals surface area contributed by atoms with Crippen LogP contribution in [0.1, 0.15) is 37.0 Å². The Labute approximate surface area is 121 Å². The zero-order valence-electron chi connectivity index (χ0n) is 13.2. The number of carbonyl (C=O) groups is 1. The number of aryl methyl sites for hydroxylation is 2. The summed E-state index contributed by atoms with van der Waals surface area (Å²) in [5, 5.41) is 3.17. The highest BCUT2D eigenvalue weighted by atomic mass is 16.5. The van der Waals surface area contributed by atoms with Crippen molar-refractivity contribution in [1.82, 2.24) is 5.32 Å². The summed E-state index contributed by atoms with van der Waals surface area (Å²) in [5.41, 5.74) is 8.00. The van der Waals surface area contributed by atoms with Gasteiger partial charge in [0.2, 0.25) is 5.91 Å². The van der Waals surface area contributed by atoms with E-state index in [4.69, 9.17) is 10.5 Å². The summed E-state index contributed by atoms with van der Waals surface area (Å²) in [6, 6.07) is 4.10.